The van der Waals surface area contributed by atoms with E-state index in [-0.39, 0.29) is 5.91 Å². The number of carbonyl (C=O) groups excluding carboxylic acids is 2. The van der Waals surface area contributed by atoms with Crippen LogP contribution in [0.2, 0.25) is 0 Å². The molecule has 1 aromatic rings. The highest BCUT2D eigenvalue weighted by molar-refractivity contribution is 5.93. The van der Waals surface area contributed by atoms with Crippen LogP contribution in [0.3, 0.4) is 0 Å². The number of isocyanates is 1. The Morgan fingerprint density at radius 1 is 1.38 bits per heavy atom. The number of nitrogen functional groups attached to an aromatic ring is 1. The first-order chi connectivity index (χ1) is 6.27. The smallest absolute Gasteiger partial charge is 0.265 e. The summed E-state index contributed by atoms with van der Waals surface area (Å²) < 4.78 is 0. The first-order valence-electron chi connectivity index (χ1n) is 3.47. The first kappa shape index (κ1) is 9.12. The summed E-state index contributed by atoms with van der Waals surface area (Å²) in [5, 5.41) is 0. The molecule has 0 aliphatic heterocycles. The van der Waals surface area contributed by atoms with Gasteiger partial charge >= 0.3 is 0 Å². The number of hydrogen-bond acceptors (Lipinski definition) is 4. The van der Waals surface area contributed by atoms with E-state index in [1.54, 1.807) is 0 Å². The molecule has 1 aromatic carbocycles. The van der Waals surface area contributed by atoms with Gasteiger partial charge in [0.25, 0.3) is 5.91 Å². The molecule has 0 saturated heterocycles. The molecule has 3 N–H and O–H groups in total. The van der Waals surface area contributed by atoms with Crippen molar-refractivity contribution in [2.24, 2.45) is 10.8 Å². The molecule has 0 unspecified atom stereocenters. The fourth-order valence-corrected chi connectivity index (χ4v) is 0.823. The number of hydrazine groups is 1. The van der Waals surface area contributed by atoms with Crippen molar-refractivity contribution >= 4 is 17.7 Å². The maximum absolute atomic E-state index is 10.9. The summed E-state index contributed by atoms with van der Waals surface area (Å²) in [6.45, 7) is 0. The zero-order chi connectivity index (χ0) is 9.68. The number of rotatable bonds is 2. The second-order valence-electron chi connectivity index (χ2n) is 2.22. The van der Waals surface area contributed by atoms with Crippen molar-refractivity contribution in [3.8, 4) is 0 Å². The molecule has 0 atom stereocenters. The molecule has 0 radical (unpaired) electrons. The number of nitrogens with zero attached hydrogens (tertiary/aromatic N) is 1. The molecule has 13 heavy (non-hydrogen) atoms. The Bertz CT molecular complexity index is 352. The van der Waals surface area contributed by atoms with Gasteiger partial charge in [-0.05, 0) is 24.3 Å². The molecule has 0 spiro atoms. The molecule has 0 fully saturated rings. The number of nitrogens with two attached hydrogens (primary N) is 1. The molecule has 66 valence electrons. The van der Waals surface area contributed by atoms with Gasteiger partial charge in [0.05, 0.1) is 5.69 Å². The van der Waals surface area contributed by atoms with Gasteiger partial charge in [0.2, 0.25) is 6.08 Å². The van der Waals surface area contributed by atoms with E-state index >= 15 is 0 Å². The number of nitrogens with one attached hydrogen (secondary N) is 1. The molecular formula is C8H7N3O2. The third-order valence-corrected chi connectivity index (χ3v) is 1.44. The van der Waals surface area contributed by atoms with Crippen LogP contribution in [0.25, 0.3) is 0 Å². The molecule has 0 aromatic heterocycles. The third kappa shape index (κ3) is 2.23. The molecule has 0 aliphatic carbocycles. The zero-order valence-electron chi connectivity index (χ0n) is 6.65. The second kappa shape index (κ2) is 4.15. The predicted octanol–water partition coefficient (Wildman–Crippen LogP) is 0.257. The van der Waals surface area contributed by atoms with Gasteiger partial charge in [-0.2, -0.15) is 4.99 Å². The van der Waals surface area contributed by atoms with Crippen LogP contribution >= 0.6 is 0 Å². The normalized spacial score (nSPS) is 8.69. The Kier molecular flexibility index (Phi) is 2.92. The monoisotopic (exact) mass is 177 g/mol. The van der Waals surface area contributed by atoms with Crippen molar-refractivity contribution in [2.75, 3.05) is 0 Å². The molecule has 1 rings (SSSR count). The van der Waals surface area contributed by atoms with Gasteiger partial charge in [-0.15, -0.1) is 0 Å². The van der Waals surface area contributed by atoms with E-state index in [1.807, 2.05) is 5.43 Å². The van der Waals surface area contributed by atoms with Crippen LogP contribution in [0.4, 0.5) is 5.69 Å². The largest absolute Gasteiger partial charge is 0.290 e. The summed E-state index contributed by atoms with van der Waals surface area (Å²) in [5.41, 5.74) is 2.84. The minimum atomic E-state index is -0.387. The van der Waals surface area contributed by atoms with E-state index in [0.29, 0.717) is 11.3 Å². The van der Waals surface area contributed by atoms with Crippen molar-refractivity contribution in [1.82, 2.24) is 5.43 Å². The Balaban J connectivity index is 2.93. The third-order valence-electron chi connectivity index (χ3n) is 1.44. The summed E-state index contributed by atoms with van der Waals surface area (Å²) in [4.78, 5) is 24.2. The standard InChI is InChI=1S/C8H7N3O2/c9-11-8(13)6-1-3-7(4-2-6)10-5-12/h1-4H,9H2,(H,11,13). The summed E-state index contributed by atoms with van der Waals surface area (Å²) in [7, 11) is 0. The molecule has 0 bridgehead atoms. The van der Waals surface area contributed by atoms with Gasteiger partial charge in [0.1, 0.15) is 0 Å². The molecule has 1 amide bonds. The highest BCUT2D eigenvalue weighted by Crippen LogP contribution is 2.11. The molecular weight excluding hydrogens is 170 g/mol. The molecule has 5 heteroatoms. The van der Waals surface area contributed by atoms with Gasteiger partial charge in [-0.3, -0.25) is 10.2 Å². The van der Waals surface area contributed by atoms with Crippen molar-refractivity contribution in [3.05, 3.63) is 29.8 Å². The average molecular weight is 177 g/mol. The lowest BCUT2D eigenvalue weighted by molar-refractivity contribution is 0.0953. The van der Waals surface area contributed by atoms with Gasteiger partial charge in [-0.1, -0.05) is 0 Å². The van der Waals surface area contributed by atoms with Crippen LogP contribution < -0.4 is 11.3 Å². The minimum Gasteiger partial charge on any atom is -0.290 e. The topological polar surface area (TPSA) is 84.5 Å². The van der Waals surface area contributed by atoms with Gasteiger partial charge in [-0.25, -0.2) is 10.6 Å². The molecule has 0 aliphatic rings. The average Bonchev–Trinajstić information content (AvgIpc) is 2.18. The van der Waals surface area contributed by atoms with Crippen LogP contribution in [0.5, 0.6) is 0 Å². The second-order valence-corrected chi connectivity index (χ2v) is 2.22. The Hall–Kier alpha value is -1.97. The van der Waals surface area contributed by atoms with Crippen LogP contribution in [0.1, 0.15) is 10.4 Å². The Morgan fingerprint density at radius 3 is 2.46 bits per heavy atom. The van der Waals surface area contributed by atoms with Gasteiger partial charge in [0.15, 0.2) is 0 Å². The number of aliphatic imine (C=N–C) groups is 1. The number of carbonyl (C=O) groups is 1. The number of amides is 1. The lowest BCUT2D eigenvalue weighted by atomic mass is 10.2. The summed E-state index contributed by atoms with van der Waals surface area (Å²) in [6, 6.07) is 6.07. The Morgan fingerprint density at radius 2 is 2.00 bits per heavy atom. The summed E-state index contributed by atoms with van der Waals surface area (Å²) in [5.74, 6) is 4.53. The van der Waals surface area contributed by atoms with Crippen LogP contribution in [-0.4, -0.2) is 12.0 Å². The van der Waals surface area contributed by atoms with Gasteiger partial charge in [0, 0.05) is 5.56 Å². The molecule has 5 nitrogen and oxygen atoms in total. The van der Waals surface area contributed by atoms with E-state index in [9.17, 15) is 9.59 Å². The lowest BCUT2D eigenvalue weighted by Gasteiger charge is -1.97. The van der Waals surface area contributed by atoms with Crippen molar-refractivity contribution in [3.63, 3.8) is 0 Å². The van der Waals surface area contributed by atoms with Crippen molar-refractivity contribution in [1.29, 1.82) is 0 Å². The fourth-order valence-electron chi connectivity index (χ4n) is 0.823. The van der Waals surface area contributed by atoms with E-state index in [2.05, 4.69) is 4.99 Å². The molecule has 0 heterocycles. The Labute approximate surface area is 74.2 Å². The minimum absolute atomic E-state index is 0.387. The van der Waals surface area contributed by atoms with E-state index < -0.39 is 0 Å². The van der Waals surface area contributed by atoms with E-state index in [4.69, 9.17) is 5.84 Å². The summed E-state index contributed by atoms with van der Waals surface area (Å²) >= 11 is 0. The van der Waals surface area contributed by atoms with E-state index in [0.717, 1.165) is 0 Å². The highest BCUT2D eigenvalue weighted by atomic mass is 16.2. The van der Waals surface area contributed by atoms with Crippen LogP contribution in [0.15, 0.2) is 29.3 Å². The SMILES string of the molecule is NNC(=O)c1ccc(N=C=O)cc1. The van der Waals surface area contributed by atoms with Crippen LogP contribution in [-0.2, 0) is 4.79 Å². The van der Waals surface area contributed by atoms with Crippen molar-refractivity contribution < 1.29 is 9.59 Å². The quantitative estimate of drug-likeness (QED) is 0.223. The van der Waals surface area contributed by atoms with Crippen LogP contribution in [0, 0.1) is 0 Å². The maximum atomic E-state index is 10.9. The molecule has 0 saturated carbocycles. The number of hydrogen-bond donors (Lipinski definition) is 2. The maximum Gasteiger partial charge on any atom is 0.265 e. The zero-order valence-corrected chi connectivity index (χ0v) is 6.65. The highest BCUT2D eigenvalue weighted by Gasteiger charge is 2.01. The number of benzene rings is 1. The first-order valence-corrected chi connectivity index (χ1v) is 3.47. The van der Waals surface area contributed by atoms with Gasteiger partial charge < -0.3 is 0 Å². The van der Waals surface area contributed by atoms with Crippen molar-refractivity contribution in [2.45, 2.75) is 0 Å². The predicted molar refractivity (Wildman–Crippen MR) is 45.9 cm³/mol. The summed E-state index contributed by atoms with van der Waals surface area (Å²) in [6.07, 6.45) is 1.40. The van der Waals surface area contributed by atoms with E-state index in [1.165, 1.54) is 30.3 Å². The fraction of sp³-hybridized carbons (Fsp3) is 0. The lowest BCUT2D eigenvalue weighted by Crippen LogP contribution is -2.29.